The molecule has 2 aromatic heterocycles. The van der Waals surface area contributed by atoms with E-state index in [9.17, 15) is 16.8 Å². The second-order valence-corrected chi connectivity index (χ2v) is 8.57. The van der Waals surface area contributed by atoms with Crippen LogP contribution in [0.3, 0.4) is 0 Å². The van der Waals surface area contributed by atoms with Crippen LogP contribution in [0.2, 0.25) is 0 Å². The summed E-state index contributed by atoms with van der Waals surface area (Å²) in [4.78, 5) is 7.53. The van der Waals surface area contributed by atoms with E-state index in [1.54, 1.807) is 0 Å². The second kappa shape index (κ2) is 9.72. The minimum absolute atomic E-state index is 0.0222. The van der Waals surface area contributed by atoms with Crippen LogP contribution in [0.5, 0.6) is 0 Å². The zero-order valence-electron chi connectivity index (χ0n) is 14.0. The van der Waals surface area contributed by atoms with Crippen LogP contribution >= 0.6 is 0 Å². The SMILES string of the molecule is O=S(=O)(OCCCCCCOS(=O)(=O)c1cccnc1)c1cccnc1. The van der Waals surface area contributed by atoms with Crippen LogP contribution in [0.15, 0.2) is 58.8 Å². The van der Waals surface area contributed by atoms with Crippen molar-refractivity contribution in [2.75, 3.05) is 13.2 Å². The van der Waals surface area contributed by atoms with Crippen LogP contribution in [0.25, 0.3) is 0 Å². The molecule has 0 aromatic carbocycles. The molecule has 0 saturated heterocycles. The predicted molar refractivity (Wildman–Crippen MR) is 93.2 cm³/mol. The molecule has 0 bridgehead atoms. The van der Waals surface area contributed by atoms with E-state index >= 15 is 0 Å². The maximum absolute atomic E-state index is 11.9. The van der Waals surface area contributed by atoms with Gasteiger partial charge in [-0.05, 0) is 37.1 Å². The lowest BCUT2D eigenvalue weighted by molar-refractivity contribution is 0.290. The number of hydrogen-bond donors (Lipinski definition) is 0. The van der Waals surface area contributed by atoms with Crippen LogP contribution in [0.4, 0.5) is 0 Å². The van der Waals surface area contributed by atoms with Gasteiger partial charge in [-0.1, -0.05) is 12.8 Å². The number of hydrogen-bond acceptors (Lipinski definition) is 8. The van der Waals surface area contributed by atoms with Crippen molar-refractivity contribution in [3.8, 4) is 0 Å². The third kappa shape index (κ3) is 6.45. The summed E-state index contributed by atoms with van der Waals surface area (Å²) >= 11 is 0. The van der Waals surface area contributed by atoms with Gasteiger partial charge in [0.25, 0.3) is 20.2 Å². The van der Waals surface area contributed by atoms with Gasteiger partial charge in [0, 0.05) is 24.8 Å². The van der Waals surface area contributed by atoms with Crippen molar-refractivity contribution in [3.05, 3.63) is 49.1 Å². The third-order valence-corrected chi connectivity index (χ3v) is 5.95. The highest BCUT2D eigenvalue weighted by atomic mass is 32.2. The Kier molecular flexibility index (Phi) is 7.64. The summed E-state index contributed by atoms with van der Waals surface area (Å²) in [7, 11) is -7.56. The summed E-state index contributed by atoms with van der Waals surface area (Å²) in [6.45, 7) is 0.123. The van der Waals surface area contributed by atoms with Crippen molar-refractivity contribution in [1.29, 1.82) is 0 Å². The number of pyridine rings is 2. The maximum Gasteiger partial charge on any atom is 0.298 e. The van der Waals surface area contributed by atoms with Gasteiger partial charge in [0.05, 0.1) is 13.2 Å². The van der Waals surface area contributed by atoms with E-state index in [1.807, 2.05) is 0 Å². The van der Waals surface area contributed by atoms with Crippen LogP contribution < -0.4 is 0 Å². The zero-order chi connectivity index (χ0) is 18.9. The molecular weight excluding hydrogens is 380 g/mol. The van der Waals surface area contributed by atoms with E-state index in [4.69, 9.17) is 8.37 Å². The molecule has 8 nitrogen and oxygen atoms in total. The minimum Gasteiger partial charge on any atom is -0.266 e. The monoisotopic (exact) mass is 400 g/mol. The van der Waals surface area contributed by atoms with Gasteiger partial charge >= 0.3 is 0 Å². The van der Waals surface area contributed by atoms with Crippen molar-refractivity contribution in [1.82, 2.24) is 9.97 Å². The molecule has 0 fully saturated rings. The first-order valence-electron chi connectivity index (χ1n) is 8.01. The topological polar surface area (TPSA) is 113 Å². The van der Waals surface area contributed by atoms with E-state index < -0.39 is 20.2 Å². The van der Waals surface area contributed by atoms with Gasteiger partial charge in [0.2, 0.25) is 0 Å². The first-order chi connectivity index (χ1) is 12.4. The molecule has 2 rings (SSSR count). The third-order valence-electron chi connectivity index (χ3n) is 3.36. The lowest BCUT2D eigenvalue weighted by Crippen LogP contribution is -2.09. The minimum atomic E-state index is -3.78. The molecule has 10 heteroatoms. The molecule has 2 aromatic rings. The predicted octanol–water partition coefficient (Wildman–Crippen LogP) is 2.15. The molecule has 0 saturated carbocycles. The van der Waals surface area contributed by atoms with Crippen LogP contribution in [-0.4, -0.2) is 40.0 Å². The zero-order valence-corrected chi connectivity index (χ0v) is 15.7. The number of rotatable bonds is 11. The van der Waals surface area contributed by atoms with Crippen molar-refractivity contribution >= 4 is 20.2 Å². The molecule has 0 amide bonds. The van der Waals surface area contributed by atoms with E-state index in [1.165, 1.54) is 49.1 Å². The van der Waals surface area contributed by atoms with Crippen LogP contribution in [-0.2, 0) is 28.6 Å². The van der Waals surface area contributed by atoms with Crippen molar-refractivity contribution in [3.63, 3.8) is 0 Å². The summed E-state index contributed by atoms with van der Waals surface area (Å²) in [5, 5.41) is 0. The Morgan fingerprint density at radius 1 is 0.692 bits per heavy atom. The summed E-state index contributed by atoms with van der Waals surface area (Å²) in [5.41, 5.74) is 0. The van der Waals surface area contributed by atoms with E-state index in [-0.39, 0.29) is 23.0 Å². The smallest absolute Gasteiger partial charge is 0.266 e. The average Bonchev–Trinajstić information content (AvgIpc) is 2.65. The molecule has 0 radical (unpaired) electrons. The molecule has 0 atom stereocenters. The van der Waals surface area contributed by atoms with Gasteiger partial charge in [-0.2, -0.15) is 16.8 Å². The molecule has 0 N–H and O–H groups in total. The summed E-state index contributed by atoms with van der Waals surface area (Å²) < 4.78 is 57.3. The van der Waals surface area contributed by atoms with Crippen LogP contribution in [0.1, 0.15) is 25.7 Å². The second-order valence-electron chi connectivity index (χ2n) is 5.34. The average molecular weight is 400 g/mol. The van der Waals surface area contributed by atoms with Gasteiger partial charge in [-0.15, -0.1) is 0 Å². The van der Waals surface area contributed by atoms with E-state index in [0.717, 1.165) is 0 Å². The largest absolute Gasteiger partial charge is 0.298 e. The number of unbranched alkanes of at least 4 members (excludes halogenated alkanes) is 3. The highest BCUT2D eigenvalue weighted by molar-refractivity contribution is 7.87. The Hall–Kier alpha value is -1.88. The summed E-state index contributed by atoms with van der Waals surface area (Å²) in [6.07, 6.45) is 7.89. The molecule has 0 unspecified atom stereocenters. The molecule has 0 aliphatic heterocycles. The van der Waals surface area contributed by atoms with Crippen molar-refractivity contribution in [2.45, 2.75) is 35.5 Å². The maximum atomic E-state index is 11.9. The molecule has 0 spiro atoms. The molecule has 26 heavy (non-hydrogen) atoms. The summed E-state index contributed by atoms with van der Waals surface area (Å²) in [6, 6.07) is 5.89. The van der Waals surface area contributed by atoms with E-state index in [0.29, 0.717) is 25.7 Å². The fraction of sp³-hybridized carbons (Fsp3) is 0.375. The highest BCUT2D eigenvalue weighted by Crippen LogP contribution is 2.13. The highest BCUT2D eigenvalue weighted by Gasteiger charge is 2.15. The van der Waals surface area contributed by atoms with Crippen molar-refractivity contribution < 1.29 is 25.2 Å². The number of nitrogens with zero attached hydrogens (tertiary/aromatic N) is 2. The van der Waals surface area contributed by atoms with Gasteiger partial charge in [-0.25, -0.2) is 0 Å². The van der Waals surface area contributed by atoms with Gasteiger partial charge in [0.15, 0.2) is 0 Å². The lowest BCUT2D eigenvalue weighted by Gasteiger charge is -2.06. The Morgan fingerprint density at radius 3 is 1.46 bits per heavy atom. The Labute approximate surface area is 153 Å². The van der Waals surface area contributed by atoms with Gasteiger partial charge in [0.1, 0.15) is 9.79 Å². The fourth-order valence-corrected chi connectivity index (χ4v) is 3.84. The quantitative estimate of drug-likeness (QED) is 0.416. The van der Waals surface area contributed by atoms with Gasteiger partial charge in [-0.3, -0.25) is 18.3 Å². The fourth-order valence-electron chi connectivity index (χ4n) is 2.02. The lowest BCUT2D eigenvalue weighted by atomic mass is 10.2. The Balaban J connectivity index is 1.60. The van der Waals surface area contributed by atoms with E-state index in [2.05, 4.69) is 9.97 Å². The molecule has 0 aliphatic rings. The first kappa shape index (κ1) is 20.4. The Bertz CT molecular complexity index is 796. The molecule has 0 aliphatic carbocycles. The molecule has 142 valence electrons. The Morgan fingerprint density at radius 2 is 1.12 bits per heavy atom. The van der Waals surface area contributed by atoms with Crippen LogP contribution in [0, 0.1) is 0 Å². The van der Waals surface area contributed by atoms with Crippen molar-refractivity contribution in [2.24, 2.45) is 0 Å². The summed E-state index contributed by atoms with van der Waals surface area (Å²) in [5.74, 6) is 0. The molecular formula is C16H20N2O6S2. The molecule has 2 heterocycles. The van der Waals surface area contributed by atoms with Gasteiger partial charge < -0.3 is 0 Å². The standard InChI is InChI=1S/C16H20N2O6S2/c19-25(20,15-7-5-9-17-13-15)23-11-3-1-2-4-12-24-26(21,22)16-8-6-10-18-14-16/h5-10,13-14H,1-4,11-12H2. The normalized spacial score (nSPS) is 12.2. The number of aromatic nitrogens is 2. The first-order valence-corrected chi connectivity index (χ1v) is 10.8.